The van der Waals surface area contributed by atoms with E-state index in [1.54, 1.807) is 12.1 Å². The van der Waals surface area contributed by atoms with E-state index >= 15 is 0 Å². The average molecular weight is 483 g/mol. The molecule has 2 fully saturated rings. The van der Waals surface area contributed by atoms with Crippen molar-refractivity contribution in [1.82, 2.24) is 15.1 Å². The molecule has 2 N–H and O–H groups in total. The minimum absolute atomic E-state index is 0.00209. The molecule has 2 amide bonds. The van der Waals surface area contributed by atoms with Crippen LogP contribution < -0.4 is 10.6 Å². The molecule has 2 aliphatic heterocycles. The van der Waals surface area contributed by atoms with Gasteiger partial charge in [-0.15, -0.1) is 0 Å². The monoisotopic (exact) mass is 482 g/mol. The first-order valence-electron chi connectivity index (χ1n) is 12.5. The molecule has 188 valence electrons. The molecule has 35 heavy (non-hydrogen) atoms. The predicted molar refractivity (Wildman–Crippen MR) is 133 cm³/mol. The first-order chi connectivity index (χ1) is 17.1. The molecule has 2 heterocycles. The van der Waals surface area contributed by atoms with E-state index in [9.17, 15) is 14.0 Å². The van der Waals surface area contributed by atoms with E-state index in [1.807, 2.05) is 18.2 Å². The molecule has 2 saturated heterocycles. The lowest BCUT2D eigenvalue weighted by atomic mass is 9.87. The number of hydrogen-bond donors (Lipinski definition) is 2. The van der Waals surface area contributed by atoms with Crippen molar-refractivity contribution >= 4 is 17.5 Å². The van der Waals surface area contributed by atoms with Gasteiger partial charge in [-0.05, 0) is 42.7 Å². The molecule has 2 aromatic rings. The number of halogens is 1. The fraction of sp³-hybridized carbons (Fsp3) is 0.481. The summed E-state index contributed by atoms with van der Waals surface area (Å²) in [5.74, 6) is -1.05. The zero-order valence-corrected chi connectivity index (χ0v) is 20.1. The van der Waals surface area contributed by atoms with Crippen LogP contribution in [0.4, 0.5) is 10.1 Å². The van der Waals surface area contributed by atoms with Crippen LogP contribution in [-0.2, 0) is 20.7 Å². The normalized spacial score (nSPS) is 21.4. The Morgan fingerprint density at radius 3 is 2.29 bits per heavy atom. The minimum Gasteiger partial charge on any atom is -0.379 e. The Balaban J connectivity index is 1.35. The Hall–Kier alpha value is -2.81. The summed E-state index contributed by atoms with van der Waals surface area (Å²) in [6, 6.07) is 16.0. The Bertz CT molecular complexity index is 951. The predicted octanol–water partition coefficient (Wildman–Crippen LogP) is 2.39. The number of nitrogens with one attached hydrogen (secondary N) is 2. The van der Waals surface area contributed by atoms with Crippen LogP contribution in [0.1, 0.15) is 12.0 Å². The molecule has 8 heteroatoms. The van der Waals surface area contributed by atoms with Crippen molar-refractivity contribution in [3.8, 4) is 0 Å². The van der Waals surface area contributed by atoms with Gasteiger partial charge in [-0.3, -0.25) is 14.5 Å². The molecule has 2 atom stereocenters. The number of carbonyl (C=O) groups is 2. The number of benzene rings is 2. The van der Waals surface area contributed by atoms with Gasteiger partial charge in [0.25, 0.3) is 0 Å². The van der Waals surface area contributed by atoms with Crippen molar-refractivity contribution in [2.45, 2.75) is 12.8 Å². The lowest BCUT2D eigenvalue weighted by Crippen LogP contribution is -2.50. The molecule has 0 bridgehead atoms. The molecule has 0 saturated carbocycles. The van der Waals surface area contributed by atoms with E-state index in [4.69, 9.17) is 4.74 Å². The number of amides is 2. The molecule has 2 aliphatic rings. The number of likely N-dealkylation sites (tertiary alicyclic amines) is 1. The molecule has 4 rings (SSSR count). The highest BCUT2D eigenvalue weighted by Gasteiger charge is 2.35. The van der Waals surface area contributed by atoms with Crippen LogP contribution in [0.3, 0.4) is 0 Å². The molecule has 0 aliphatic carbocycles. The van der Waals surface area contributed by atoms with Crippen molar-refractivity contribution in [3.63, 3.8) is 0 Å². The summed E-state index contributed by atoms with van der Waals surface area (Å²) >= 11 is 0. The average Bonchev–Trinajstić information content (AvgIpc) is 2.90. The third-order valence-corrected chi connectivity index (χ3v) is 6.77. The standard InChI is InChI=1S/C27H35FN4O3/c28-24-6-8-25(9-7-24)30-27(34)23-18-22(26(33)29-11-13-31-14-16-35-17-15-31)19-32(20-23)12-10-21-4-2-1-3-5-21/h1-9,22-23H,10-20H2,(H,29,33)(H,30,34)/t22-,23+/m0/s1. The number of hydrogen-bond acceptors (Lipinski definition) is 5. The number of rotatable bonds is 9. The highest BCUT2D eigenvalue weighted by molar-refractivity contribution is 5.93. The maximum Gasteiger partial charge on any atom is 0.228 e. The van der Waals surface area contributed by atoms with Crippen LogP contribution in [-0.4, -0.2) is 80.6 Å². The molecule has 7 nitrogen and oxygen atoms in total. The fourth-order valence-electron chi connectivity index (χ4n) is 4.77. The van der Waals surface area contributed by atoms with Gasteiger partial charge < -0.3 is 20.3 Å². The number of piperidine rings is 1. The number of anilines is 1. The Labute approximate surface area is 206 Å². The van der Waals surface area contributed by atoms with Crippen LogP contribution in [0.15, 0.2) is 54.6 Å². The summed E-state index contributed by atoms with van der Waals surface area (Å²) in [5, 5.41) is 5.98. The lowest BCUT2D eigenvalue weighted by molar-refractivity contribution is -0.130. The van der Waals surface area contributed by atoms with Gasteiger partial charge in [0.15, 0.2) is 0 Å². The van der Waals surface area contributed by atoms with Gasteiger partial charge in [0.2, 0.25) is 11.8 Å². The summed E-state index contributed by atoms with van der Waals surface area (Å²) in [6.45, 7) is 6.64. The third-order valence-electron chi connectivity index (χ3n) is 6.77. The minimum atomic E-state index is -0.346. The highest BCUT2D eigenvalue weighted by atomic mass is 19.1. The molecule has 0 aromatic heterocycles. The number of carbonyl (C=O) groups excluding carboxylic acids is 2. The van der Waals surface area contributed by atoms with Crippen LogP contribution >= 0.6 is 0 Å². The maximum absolute atomic E-state index is 13.2. The summed E-state index contributed by atoms with van der Waals surface area (Å²) in [5.41, 5.74) is 1.79. The molecule has 0 spiro atoms. The highest BCUT2D eigenvalue weighted by Crippen LogP contribution is 2.24. The van der Waals surface area contributed by atoms with Crippen LogP contribution in [0.2, 0.25) is 0 Å². The van der Waals surface area contributed by atoms with Gasteiger partial charge in [-0.1, -0.05) is 30.3 Å². The first kappa shape index (κ1) is 25.3. The van der Waals surface area contributed by atoms with Crippen molar-refractivity contribution in [2.75, 3.05) is 64.3 Å². The zero-order valence-electron chi connectivity index (χ0n) is 20.1. The number of ether oxygens (including phenoxy) is 1. The van der Waals surface area contributed by atoms with Crippen molar-refractivity contribution < 1.29 is 18.7 Å². The van der Waals surface area contributed by atoms with E-state index in [-0.39, 0.29) is 29.5 Å². The van der Waals surface area contributed by atoms with Crippen LogP contribution in [0, 0.1) is 17.7 Å². The first-order valence-corrected chi connectivity index (χ1v) is 12.5. The zero-order chi connectivity index (χ0) is 24.5. The second-order valence-electron chi connectivity index (χ2n) is 9.37. The quantitative estimate of drug-likeness (QED) is 0.574. The Morgan fingerprint density at radius 2 is 1.57 bits per heavy atom. The molecule has 0 radical (unpaired) electrons. The largest absolute Gasteiger partial charge is 0.379 e. The topological polar surface area (TPSA) is 73.9 Å². The Morgan fingerprint density at radius 1 is 0.886 bits per heavy atom. The van der Waals surface area contributed by atoms with Crippen LogP contribution in [0.5, 0.6) is 0 Å². The lowest BCUT2D eigenvalue weighted by Gasteiger charge is -2.36. The van der Waals surface area contributed by atoms with E-state index in [0.717, 1.165) is 45.8 Å². The third kappa shape index (κ3) is 7.85. The molecular formula is C27H35FN4O3. The van der Waals surface area contributed by atoms with Gasteiger partial charge in [0.1, 0.15) is 5.82 Å². The number of morpholine rings is 1. The van der Waals surface area contributed by atoms with E-state index < -0.39 is 0 Å². The second kappa shape index (κ2) is 12.8. The summed E-state index contributed by atoms with van der Waals surface area (Å²) in [6.07, 6.45) is 1.36. The van der Waals surface area contributed by atoms with Crippen molar-refractivity contribution in [2.24, 2.45) is 11.8 Å². The molecule has 2 aromatic carbocycles. The smallest absolute Gasteiger partial charge is 0.228 e. The van der Waals surface area contributed by atoms with E-state index in [0.29, 0.717) is 31.7 Å². The summed E-state index contributed by atoms with van der Waals surface area (Å²) in [7, 11) is 0. The Kier molecular flexibility index (Phi) is 9.22. The number of nitrogens with zero attached hydrogens (tertiary/aromatic N) is 2. The summed E-state index contributed by atoms with van der Waals surface area (Å²) in [4.78, 5) is 30.7. The van der Waals surface area contributed by atoms with Crippen molar-refractivity contribution in [1.29, 1.82) is 0 Å². The van der Waals surface area contributed by atoms with E-state index in [1.165, 1.54) is 17.7 Å². The van der Waals surface area contributed by atoms with Gasteiger partial charge in [-0.2, -0.15) is 0 Å². The van der Waals surface area contributed by atoms with Crippen LogP contribution in [0.25, 0.3) is 0 Å². The SMILES string of the molecule is O=C(NCCN1CCOCC1)[C@H]1C[C@@H](C(=O)Nc2ccc(F)cc2)CN(CCc2ccccc2)C1. The van der Waals surface area contributed by atoms with Gasteiger partial charge >= 0.3 is 0 Å². The van der Waals surface area contributed by atoms with Crippen molar-refractivity contribution in [3.05, 3.63) is 66.0 Å². The maximum atomic E-state index is 13.2. The van der Waals surface area contributed by atoms with Gasteiger partial charge in [0.05, 0.1) is 25.0 Å². The van der Waals surface area contributed by atoms with Gasteiger partial charge in [0, 0.05) is 51.5 Å². The molecule has 0 unspecified atom stereocenters. The van der Waals surface area contributed by atoms with E-state index in [2.05, 4.69) is 32.6 Å². The van der Waals surface area contributed by atoms with Gasteiger partial charge in [-0.25, -0.2) is 4.39 Å². The summed E-state index contributed by atoms with van der Waals surface area (Å²) < 4.78 is 18.6. The molecular weight excluding hydrogens is 447 g/mol. The second-order valence-corrected chi connectivity index (χ2v) is 9.37. The fourth-order valence-corrected chi connectivity index (χ4v) is 4.77.